The van der Waals surface area contributed by atoms with Crippen LogP contribution in [-0.4, -0.2) is 55.1 Å². The molecule has 0 radical (unpaired) electrons. The van der Waals surface area contributed by atoms with Crippen LogP contribution in [-0.2, 0) is 19.7 Å². The minimum atomic E-state index is -4.63. The average Bonchev–Trinajstić information content (AvgIpc) is 2.74. The molecule has 1 saturated heterocycles. The van der Waals surface area contributed by atoms with E-state index in [9.17, 15) is 32.9 Å². The lowest BCUT2D eigenvalue weighted by Gasteiger charge is -2.28. The van der Waals surface area contributed by atoms with Crippen molar-refractivity contribution in [3.63, 3.8) is 0 Å². The maximum atomic E-state index is 12.7. The fourth-order valence-corrected chi connectivity index (χ4v) is 3.91. The van der Waals surface area contributed by atoms with Crippen LogP contribution < -0.4 is 4.18 Å². The Labute approximate surface area is 176 Å². The van der Waals surface area contributed by atoms with Gasteiger partial charge >= 0.3 is 16.1 Å². The number of hydrogen-bond donors (Lipinski definition) is 0. The Morgan fingerprint density at radius 3 is 2.10 bits per heavy atom. The van der Waals surface area contributed by atoms with Gasteiger partial charge in [0.05, 0.1) is 4.92 Å². The Morgan fingerprint density at radius 2 is 1.48 bits per heavy atom. The van der Waals surface area contributed by atoms with Crippen molar-refractivity contribution in [1.29, 1.82) is 0 Å². The Kier molecular flexibility index (Phi) is 5.58. The van der Waals surface area contributed by atoms with Crippen molar-refractivity contribution in [2.24, 2.45) is 0 Å². The third kappa shape index (κ3) is 4.00. The summed E-state index contributed by atoms with van der Waals surface area (Å²) in [4.78, 5) is 47.8. The molecule has 11 nitrogen and oxygen atoms in total. The fraction of sp³-hybridized carbons (Fsp3) is 0.105. The number of benzene rings is 2. The Balaban J connectivity index is 2.05. The second-order valence-electron chi connectivity index (χ2n) is 6.37. The lowest BCUT2D eigenvalue weighted by molar-refractivity contribution is -0.387. The Bertz CT molecular complexity index is 1230. The molecule has 160 valence electrons. The van der Waals surface area contributed by atoms with Crippen molar-refractivity contribution < 1.29 is 31.9 Å². The monoisotopic (exact) mass is 445 g/mol. The van der Waals surface area contributed by atoms with E-state index in [0.29, 0.717) is 0 Å². The lowest BCUT2D eigenvalue weighted by Crippen LogP contribution is -2.52. The van der Waals surface area contributed by atoms with Gasteiger partial charge in [-0.1, -0.05) is 30.3 Å². The highest BCUT2D eigenvalue weighted by molar-refractivity contribution is 7.87. The van der Waals surface area contributed by atoms with Crippen molar-refractivity contribution in [2.75, 3.05) is 14.1 Å². The number of rotatable bonds is 5. The maximum Gasteiger partial charge on any atom is 0.346 e. The van der Waals surface area contributed by atoms with Crippen molar-refractivity contribution in [3.05, 3.63) is 69.8 Å². The molecule has 31 heavy (non-hydrogen) atoms. The molecule has 3 rings (SSSR count). The van der Waals surface area contributed by atoms with Crippen LogP contribution in [0.2, 0.25) is 0 Å². The number of amides is 4. The van der Waals surface area contributed by atoms with Gasteiger partial charge in [-0.05, 0) is 18.2 Å². The van der Waals surface area contributed by atoms with Gasteiger partial charge in [-0.2, -0.15) is 8.42 Å². The van der Waals surface area contributed by atoms with E-state index in [1.807, 2.05) is 0 Å². The highest BCUT2D eigenvalue weighted by Crippen LogP contribution is 2.30. The SMILES string of the molecule is CN1C(=O)C(=Cc2ccccc2OS(=O)(=O)c2ccccc2[N+](=O)[O-])C(=O)N(C)C1=O. The van der Waals surface area contributed by atoms with E-state index < -0.39 is 43.5 Å². The summed E-state index contributed by atoms with van der Waals surface area (Å²) in [6.45, 7) is 0. The second-order valence-corrected chi connectivity index (χ2v) is 7.88. The summed E-state index contributed by atoms with van der Waals surface area (Å²) in [6.07, 6.45) is 1.09. The minimum Gasteiger partial charge on any atom is -0.378 e. The molecule has 0 spiro atoms. The van der Waals surface area contributed by atoms with E-state index in [4.69, 9.17) is 4.18 Å². The first-order valence-electron chi connectivity index (χ1n) is 8.63. The van der Waals surface area contributed by atoms with Crippen molar-refractivity contribution in [3.8, 4) is 5.75 Å². The number of likely N-dealkylation sites (N-methyl/N-ethyl adjacent to an activating group) is 2. The van der Waals surface area contributed by atoms with E-state index in [0.717, 1.165) is 28.0 Å². The van der Waals surface area contributed by atoms with Gasteiger partial charge < -0.3 is 4.18 Å². The normalized spacial score (nSPS) is 14.6. The molecule has 0 N–H and O–H groups in total. The van der Waals surface area contributed by atoms with Gasteiger partial charge in [0.2, 0.25) is 0 Å². The third-order valence-corrected chi connectivity index (χ3v) is 5.68. The summed E-state index contributed by atoms with van der Waals surface area (Å²) in [7, 11) is -2.23. The quantitative estimate of drug-likeness (QED) is 0.223. The molecule has 4 amide bonds. The van der Waals surface area contributed by atoms with E-state index >= 15 is 0 Å². The minimum absolute atomic E-state index is 0.0394. The number of hydrogen-bond acceptors (Lipinski definition) is 8. The van der Waals surface area contributed by atoms with E-state index in [-0.39, 0.29) is 16.9 Å². The van der Waals surface area contributed by atoms with Crippen molar-refractivity contribution >= 4 is 39.7 Å². The summed E-state index contributed by atoms with van der Waals surface area (Å²) in [5.74, 6) is -2.01. The maximum absolute atomic E-state index is 12.7. The van der Waals surface area contributed by atoms with E-state index in [1.54, 1.807) is 0 Å². The number of imide groups is 2. The zero-order valence-electron chi connectivity index (χ0n) is 16.2. The number of urea groups is 1. The van der Waals surface area contributed by atoms with Gasteiger partial charge in [0.25, 0.3) is 17.5 Å². The molecule has 0 bridgehead atoms. The summed E-state index contributed by atoms with van der Waals surface area (Å²) in [6, 6.07) is 9.44. The molecular weight excluding hydrogens is 430 g/mol. The topological polar surface area (TPSA) is 144 Å². The van der Waals surface area contributed by atoms with E-state index in [1.165, 1.54) is 50.5 Å². The predicted molar refractivity (Wildman–Crippen MR) is 106 cm³/mol. The van der Waals surface area contributed by atoms with Crippen LogP contribution in [0.1, 0.15) is 5.56 Å². The summed E-state index contributed by atoms with van der Waals surface area (Å²) < 4.78 is 30.5. The zero-order valence-corrected chi connectivity index (χ0v) is 17.0. The largest absolute Gasteiger partial charge is 0.378 e. The van der Waals surface area contributed by atoms with Crippen LogP contribution in [0.5, 0.6) is 5.75 Å². The van der Waals surface area contributed by atoms with Gasteiger partial charge in [-0.15, -0.1) is 0 Å². The smallest absolute Gasteiger partial charge is 0.346 e. The van der Waals surface area contributed by atoms with Crippen LogP contribution in [0.15, 0.2) is 59.0 Å². The first-order chi connectivity index (χ1) is 14.5. The number of carbonyl (C=O) groups excluding carboxylic acids is 3. The van der Waals surface area contributed by atoms with Crippen molar-refractivity contribution in [1.82, 2.24) is 9.80 Å². The lowest BCUT2D eigenvalue weighted by atomic mass is 10.1. The number of carbonyl (C=O) groups is 3. The van der Waals surface area contributed by atoms with Crippen LogP contribution in [0.4, 0.5) is 10.5 Å². The molecule has 0 atom stereocenters. The first-order valence-corrected chi connectivity index (χ1v) is 10.0. The van der Waals surface area contributed by atoms with Gasteiger partial charge in [0, 0.05) is 25.7 Å². The molecule has 2 aromatic rings. The summed E-state index contributed by atoms with van der Waals surface area (Å²) in [5, 5.41) is 11.2. The summed E-state index contributed by atoms with van der Waals surface area (Å²) >= 11 is 0. The molecule has 1 heterocycles. The number of nitrogens with zero attached hydrogens (tertiary/aromatic N) is 3. The van der Waals surface area contributed by atoms with Gasteiger partial charge in [0.1, 0.15) is 11.3 Å². The number of nitro benzene ring substituents is 1. The molecule has 0 aliphatic carbocycles. The highest BCUT2D eigenvalue weighted by atomic mass is 32.2. The van der Waals surface area contributed by atoms with Gasteiger partial charge in [-0.25, -0.2) is 4.79 Å². The third-order valence-electron chi connectivity index (χ3n) is 4.39. The van der Waals surface area contributed by atoms with Gasteiger partial charge in [-0.3, -0.25) is 29.5 Å². The standard InChI is InChI=1S/C19H15N3O8S/c1-20-17(23)13(18(24)21(2)19(20)25)11-12-7-3-5-9-15(12)30-31(28,29)16-10-6-4-8-14(16)22(26)27/h3-11H,1-2H3. The predicted octanol–water partition coefficient (Wildman–Crippen LogP) is 1.80. The molecule has 0 saturated carbocycles. The van der Waals surface area contributed by atoms with Gasteiger partial charge in [0.15, 0.2) is 4.90 Å². The van der Waals surface area contributed by atoms with Crippen LogP contribution in [0.25, 0.3) is 6.08 Å². The Morgan fingerprint density at radius 1 is 0.935 bits per heavy atom. The molecule has 2 aromatic carbocycles. The first kappa shape index (κ1) is 21.6. The molecule has 1 aliphatic rings. The molecule has 0 unspecified atom stereocenters. The highest BCUT2D eigenvalue weighted by Gasteiger charge is 2.38. The zero-order chi connectivity index (χ0) is 22.9. The molecule has 0 aromatic heterocycles. The van der Waals surface area contributed by atoms with Crippen LogP contribution >= 0.6 is 0 Å². The summed E-state index contributed by atoms with van der Waals surface area (Å²) in [5.41, 5.74) is -1.01. The molecular formula is C19H15N3O8S. The number of barbiturate groups is 1. The fourth-order valence-electron chi connectivity index (χ4n) is 2.79. The average molecular weight is 445 g/mol. The number of para-hydroxylation sites is 2. The molecule has 1 aliphatic heterocycles. The van der Waals surface area contributed by atoms with Crippen molar-refractivity contribution in [2.45, 2.75) is 4.90 Å². The van der Waals surface area contributed by atoms with Crippen LogP contribution in [0.3, 0.4) is 0 Å². The molecule has 12 heteroatoms. The second kappa shape index (κ2) is 7.99. The number of nitro groups is 1. The Hall–Kier alpha value is -4.06. The van der Waals surface area contributed by atoms with E-state index in [2.05, 4.69) is 0 Å². The molecule has 1 fully saturated rings. The van der Waals surface area contributed by atoms with Crippen LogP contribution in [0, 0.1) is 10.1 Å².